The van der Waals surface area contributed by atoms with Gasteiger partial charge >= 0.3 is 0 Å². The number of ether oxygens (including phenoxy) is 3. The highest BCUT2D eigenvalue weighted by molar-refractivity contribution is 7.15. The summed E-state index contributed by atoms with van der Waals surface area (Å²) < 4.78 is 16.3. The zero-order chi connectivity index (χ0) is 26.7. The maximum absolute atomic E-state index is 13.3. The molecule has 2 aromatic rings. The Morgan fingerprint density at radius 1 is 0.838 bits per heavy atom. The highest BCUT2D eigenvalue weighted by Gasteiger charge is 2.43. The minimum Gasteiger partial charge on any atom is -0.496 e. The van der Waals surface area contributed by atoms with E-state index in [0.29, 0.717) is 58.8 Å². The third-order valence-corrected chi connectivity index (χ3v) is 8.62. The van der Waals surface area contributed by atoms with Crippen molar-refractivity contribution in [2.24, 2.45) is 5.41 Å². The van der Waals surface area contributed by atoms with Gasteiger partial charge in [0.05, 0.1) is 31.1 Å². The molecular formula is C28H34N2O6S. The van der Waals surface area contributed by atoms with E-state index < -0.39 is 0 Å². The molecule has 3 heterocycles. The van der Waals surface area contributed by atoms with Gasteiger partial charge in [-0.05, 0) is 62.8 Å². The monoisotopic (exact) mass is 526 g/mol. The molecule has 1 aromatic carbocycles. The van der Waals surface area contributed by atoms with E-state index in [-0.39, 0.29) is 23.0 Å². The van der Waals surface area contributed by atoms with Crippen LogP contribution in [0.3, 0.4) is 0 Å². The Balaban J connectivity index is 1.40. The first-order valence-corrected chi connectivity index (χ1v) is 13.2. The van der Waals surface area contributed by atoms with Crippen molar-refractivity contribution in [3.05, 3.63) is 45.2 Å². The average Bonchev–Trinajstić information content (AvgIpc) is 3.56. The summed E-state index contributed by atoms with van der Waals surface area (Å²) in [6.45, 7) is 6.04. The number of hydrogen-bond acceptors (Lipinski definition) is 7. The largest absolute Gasteiger partial charge is 0.496 e. The molecule has 0 atom stereocenters. The highest BCUT2D eigenvalue weighted by Crippen LogP contribution is 2.41. The molecule has 2 aliphatic rings. The fourth-order valence-electron chi connectivity index (χ4n) is 5.21. The molecule has 0 saturated carbocycles. The summed E-state index contributed by atoms with van der Waals surface area (Å²) >= 11 is 1.26. The lowest BCUT2D eigenvalue weighted by Crippen LogP contribution is -2.44. The predicted octanol–water partition coefficient (Wildman–Crippen LogP) is 4.53. The number of benzene rings is 1. The first-order valence-electron chi connectivity index (χ1n) is 12.4. The van der Waals surface area contributed by atoms with Crippen LogP contribution in [0.1, 0.15) is 58.0 Å². The molecule has 9 heteroatoms. The molecule has 4 rings (SSSR count). The van der Waals surface area contributed by atoms with Crippen molar-refractivity contribution >= 4 is 35.0 Å². The molecule has 0 N–H and O–H groups in total. The molecule has 0 bridgehead atoms. The van der Waals surface area contributed by atoms with Gasteiger partial charge in [0.1, 0.15) is 5.75 Å². The third kappa shape index (κ3) is 5.51. The number of methoxy groups -OCH3 is 3. The third-order valence-electron chi connectivity index (χ3n) is 7.45. The summed E-state index contributed by atoms with van der Waals surface area (Å²) in [6.07, 6.45) is 4.48. The van der Waals surface area contributed by atoms with Crippen molar-refractivity contribution in [2.75, 3.05) is 47.5 Å². The summed E-state index contributed by atoms with van der Waals surface area (Å²) in [4.78, 5) is 42.9. The molecule has 1 spiro atoms. The Kier molecular flexibility index (Phi) is 7.92. The van der Waals surface area contributed by atoms with E-state index in [1.807, 2.05) is 22.8 Å². The molecule has 1 aromatic heterocycles. The van der Waals surface area contributed by atoms with Crippen molar-refractivity contribution in [3.63, 3.8) is 0 Å². The van der Waals surface area contributed by atoms with Gasteiger partial charge < -0.3 is 24.0 Å². The van der Waals surface area contributed by atoms with Crippen LogP contribution in [0.2, 0.25) is 0 Å². The van der Waals surface area contributed by atoms with Crippen LogP contribution in [0.4, 0.5) is 0 Å². The van der Waals surface area contributed by atoms with Crippen LogP contribution in [0, 0.1) is 5.41 Å². The second-order valence-corrected chi connectivity index (χ2v) is 10.8. The summed E-state index contributed by atoms with van der Waals surface area (Å²) in [5.74, 6) is 1.69. The maximum Gasteiger partial charge on any atom is 0.263 e. The Morgan fingerprint density at radius 3 is 1.97 bits per heavy atom. The van der Waals surface area contributed by atoms with Gasteiger partial charge in [0.15, 0.2) is 17.3 Å². The lowest BCUT2D eigenvalue weighted by Gasteiger charge is -2.39. The van der Waals surface area contributed by atoms with Crippen molar-refractivity contribution < 1.29 is 28.6 Å². The molecule has 198 valence electrons. The normalized spacial score (nSPS) is 17.2. The summed E-state index contributed by atoms with van der Waals surface area (Å²) in [5, 5.41) is 0. The highest BCUT2D eigenvalue weighted by atomic mass is 32.1. The Morgan fingerprint density at radius 2 is 1.41 bits per heavy atom. The first kappa shape index (κ1) is 26.7. The zero-order valence-electron chi connectivity index (χ0n) is 22.1. The average molecular weight is 527 g/mol. The number of amides is 2. The Hall–Kier alpha value is -3.33. The van der Waals surface area contributed by atoms with Gasteiger partial charge in [-0.1, -0.05) is 0 Å². The number of hydrogen-bond donors (Lipinski definition) is 0. The lowest BCUT2D eigenvalue weighted by molar-refractivity contribution is -0.126. The topological polar surface area (TPSA) is 85.4 Å². The standard InChI is InChI=1S/C28H34N2O6S/c1-18(14-20-15-22(35-4)23(36-5)16-21(20)34-3)26(32)30-13-10-28(17-30)8-11-29(12-9-28)27(33)25-7-6-24(37-25)19(2)31/h6-7,14-16H,8-13,17H2,1-5H3. The number of thiophene rings is 1. The van der Waals surface area contributed by atoms with E-state index in [1.165, 1.54) is 18.3 Å². The fourth-order valence-corrected chi connectivity index (χ4v) is 6.08. The summed E-state index contributed by atoms with van der Waals surface area (Å²) in [6, 6.07) is 7.02. The van der Waals surface area contributed by atoms with Crippen molar-refractivity contribution in [1.82, 2.24) is 9.80 Å². The molecule has 2 amide bonds. The molecule has 8 nitrogen and oxygen atoms in total. The lowest BCUT2D eigenvalue weighted by atomic mass is 9.77. The predicted molar refractivity (Wildman–Crippen MR) is 143 cm³/mol. The van der Waals surface area contributed by atoms with Gasteiger partial charge in [-0.15, -0.1) is 11.3 Å². The summed E-state index contributed by atoms with van der Waals surface area (Å²) in [7, 11) is 4.72. The molecule has 0 radical (unpaired) electrons. The van der Waals surface area contributed by atoms with Crippen molar-refractivity contribution in [2.45, 2.75) is 33.1 Å². The van der Waals surface area contributed by atoms with Crippen LogP contribution in [0.5, 0.6) is 17.2 Å². The summed E-state index contributed by atoms with van der Waals surface area (Å²) in [5.41, 5.74) is 1.40. The molecule has 2 aliphatic heterocycles. The molecule has 0 aliphatic carbocycles. The van der Waals surface area contributed by atoms with Gasteiger partial charge in [0.2, 0.25) is 5.91 Å². The number of carbonyl (C=O) groups excluding carboxylic acids is 3. The van der Waals surface area contributed by atoms with Crippen LogP contribution < -0.4 is 14.2 Å². The van der Waals surface area contributed by atoms with Crippen molar-refractivity contribution in [1.29, 1.82) is 0 Å². The molecule has 2 saturated heterocycles. The van der Waals surface area contributed by atoms with Crippen molar-refractivity contribution in [3.8, 4) is 17.2 Å². The van der Waals surface area contributed by atoms with Crippen LogP contribution >= 0.6 is 11.3 Å². The van der Waals surface area contributed by atoms with E-state index in [2.05, 4.69) is 0 Å². The van der Waals surface area contributed by atoms with E-state index >= 15 is 0 Å². The number of Topliss-reactive ketones (excluding diaryl/α,β-unsaturated/α-hetero) is 1. The molecule has 0 unspecified atom stereocenters. The number of rotatable bonds is 7. The van der Waals surface area contributed by atoms with Gasteiger partial charge in [-0.3, -0.25) is 14.4 Å². The number of ketones is 1. The molecule has 2 fully saturated rings. The number of carbonyl (C=O) groups is 3. The van der Waals surface area contributed by atoms with Crippen LogP contribution in [0.15, 0.2) is 29.8 Å². The molecule has 37 heavy (non-hydrogen) atoms. The van der Waals surface area contributed by atoms with Gasteiger partial charge in [-0.25, -0.2) is 0 Å². The second-order valence-electron chi connectivity index (χ2n) is 9.77. The first-order chi connectivity index (χ1) is 17.7. The number of likely N-dealkylation sites (tertiary alicyclic amines) is 2. The van der Waals surface area contributed by atoms with Crippen LogP contribution in [0.25, 0.3) is 6.08 Å². The van der Waals surface area contributed by atoms with E-state index in [4.69, 9.17) is 14.2 Å². The van der Waals surface area contributed by atoms with Gasteiger partial charge in [0.25, 0.3) is 5.91 Å². The SMILES string of the molecule is COc1cc(OC)c(OC)cc1C=C(C)C(=O)N1CCC2(CCN(C(=O)c3ccc(C(C)=O)s3)CC2)C1. The molecular weight excluding hydrogens is 492 g/mol. The van der Waals surface area contributed by atoms with E-state index in [0.717, 1.165) is 24.8 Å². The van der Waals surface area contributed by atoms with Crippen LogP contribution in [-0.4, -0.2) is 74.9 Å². The smallest absolute Gasteiger partial charge is 0.263 e. The zero-order valence-corrected chi connectivity index (χ0v) is 22.9. The minimum absolute atomic E-state index is 0.00238. The van der Waals surface area contributed by atoms with Gasteiger partial charge in [0, 0.05) is 43.4 Å². The number of piperidine rings is 1. The van der Waals surface area contributed by atoms with E-state index in [9.17, 15) is 14.4 Å². The van der Waals surface area contributed by atoms with E-state index in [1.54, 1.807) is 45.6 Å². The Labute approximate surface area is 221 Å². The minimum atomic E-state index is -0.0220. The van der Waals surface area contributed by atoms with Gasteiger partial charge in [-0.2, -0.15) is 0 Å². The maximum atomic E-state index is 13.3. The second kappa shape index (κ2) is 11.0. The number of nitrogens with zero attached hydrogens (tertiary/aromatic N) is 2. The van der Waals surface area contributed by atoms with Crippen LogP contribution in [-0.2, 0) is 4.79 Å². The quantitative estimate of drug-likeness (QED) is 0.389. The Bertz CT molecular complexity index is 1230. The fraction of sp³-hybridized carbons (Fsp3) is 0.464.